The molecule has 3 amide bonds. The number of benzene rings is 2. The highest BCUT2D eigenvalue weighted by Crippen LogP contribution is 2.26. The number of aliphatic carboxylic acids is 1. The Labute approximate surface area is 153 Å². The van der Waals surface area contributed by atoms with E-state index < -0.39 is 24.3 Å². The van der Waals surface area contributed by atoms with Gasteiger partial charge in [-0.2, -0.15) is 0 Å². The van der Waals surface area contributed by atoms with Crippen molar-refractivity contribution in [2.45, 2.75) is 4.90 Å². The van der Waals surface area contributed by atoms with Gasteiger partial charge in [0.25, 0.3) is 11.8 Å². The fourth-order valence-corrected chi connectivity index (χ4v) is 3.23. The molecular formula is C18H14N2O5S. The second-order valence-electron chi connectivity index (χ2n) is 5.50. The predicted molar refractivity (Wildman–Crippen MR) is 95.2 cm³/mol. The lowest BCUT2D eigenvalue weighted by molar-refractivity contribution is -0.137. The lowest BCUT2D eigenvalue weighted by atomic mass is 10.1. The molecule has 3 rings (SSSR count). The Balaban J connectivity index is 1.67. The molecule has 0 aliphatic carbocycles. The highest BCUT2D eigenvalue weighted by atomic mass is 32.2. The molecular weight excluding hydrogens is 356 g/mol. The van der Waals surface area contributed by atoms with Gasteiger partial charge in [-0.15, -0.1) is 11.8 Å². The third-order valence-corrected chi connectivity index (χ3v) is 4.67. The van der Waals surface area contributed by atoms with Gasteiger partial charge in [0.2, 0.25) is 5.91 Å². The van der Waals surface area contributed by atoms with E-state index in [1.807, 2.05) is 30.3 Å². The molecule has 0 unspecified atom stereocenters. The van der Waals surface area contributed by atoms with Crippen LogP contribution in [-0.2, 0) is 9.59 Å². The molecule has 0 atom stereocenters. The van der Waals surface area contributed by atoms with Gasteiger partial charge < -0.3 is 10.4 Å². The van der Waals surface area contributed by atoms with Gasteiger partial charge >= 0.3 is 5.97 Å². The Hall–Kier alpha value is -3.13. The van der Waals surface area contributed by atoms with Crippen LogP contribution in [0.2, 0.25) is 0 Å². The summed E-state index contributed by atoms with van der Waals surface area (Å²) in [5.74, 6) is -2.66. The van der Waals surface area contributed by atoms with Gasteiger partial charge in [0.15, 0.2) is 0 Å². The zero-order valence-electron chi connectivity index (χ0n) is 13.5. The molecule has 2 aromatic carbocycles. The number of carbonyl (C=O) groups is 4. The number of fused-ring (bicyclic) bond motifs is 1. The van der Waals surface area contributed by atoms with E-state index in [0.717, 1.165) is 4.90 Å². The highest BCUT2D eigenvalue weighted by Gasteiger charge is 2.36. The summed E-state index contributed by atoms with van der Waals surface area (Å²) in [5.41, 5.74) is 0.596. The molecule has 0 bridgehead atoms. The van der Waals surface area contributed by atoms with E-state index in [-0.39, 0.29) is 22.8 Å². The van der Waals surface area contributed by atoms with Crippen LogP contribution in [0.25, 0.3) is 0 Å². The number of hydrogen-bond acceptors (Lipinski definition) is 5. The summed E-state index contributed by atoms with van der Waals surface area (Å²) in [6.45, 7) is -0.693. The Bertz CT molecular complexity index is 898. The van der Waals surface area contributed by atoms with Crippen molar-refractivity contribution in [1.82, 2.24) is 4.90 Å². The fourth-order valence-electron chi connectivity index (χ4n) is 2.51. The topological polar surface area (TPSA) is 104 Å². The number of amides is 3. The van der Waals surface area contributed by atoms with Crippen molar-refractivity contribution in [3.63, 3.8) is 0 Å². The Kier molecular flexibility index (Phi) is 5.04. The number of carboxylic acid groups (broad SMARTS) is 1. The Morgan fingerprint density at radius 1 is 1.00 bits per heavy atom. The summed E-state index contributed by atoms with van der Waals surface area (Å²) in [7, 11) is 0. The smallest absolute Gasteiger partial charge is 0.323 e. The van der Waals surface area contributed by atoms with Gasteiger partial charge in [0, 0.05) is 10.6 Å². The lowest BCUT2D eigenvalue weighted by Crippen LogP contribution is -2.34. The zero-order valence-corrected chi connectivity index (χ0v) is 14.3. The number of nitrogens with zero attached hydrogens (tertiary/aromatic N) is 1. The fraction of sp³-hybridized carbons (Fsp3) is 0.111. The van der Waals surface area contributed by atoms with Crippen molar-refractivity contribution in [3.8, 4) is 0 Å². The average molecular weight is 370 g/mol. The van der Waals surface area contributed by atoms with Crippen LogP contribution in [-0.4, -0.2) is 46.0 Å². The normalized spacial score (nSPS) is 12.8. The van der Waals surface area contributed by atoms with E-state index in [9.17, 15) is 19.2 Å². The van der Waals surface area contributed by atoms with Crippen molar-refractivity contribution in [2.24, 2.45) is 0 Å². The third kappa shape index (κ3) is 3.75. The van der Waals surface area contributed by atoms with Gasteiger partial charge in [0.05, 0.1) is 16.9 Å². The van der Waals surface area contributed by atoms with Crippen LogP contribution in [0.1, 0.15) is 20.7 Å². The van der Waals surface area contributed by atoms with E-state index in [4.69, 9.17) is 5.11 Å². The van der Waals surface area contributed by atoms with Crippen molar-refractivity contribution in [3.05, 3.63) is 59.7 Å². The van der Waals surface area contributed by atoms with Crippen LogP contribution in [0.4, 0.5) is 5.69 Å². The number of nitrogens with one attached hydrogen (secondary N) is 1. The van der Waals surface area contributed by atoms with Crippen molar-refractivity contribution in [2.75, 3.05) is 17.6 Å². The van der Waals surface area contributed by atoms with Gasteiger partial charge in [-0.05, 0) is 30.3 Å². The quantitative estimate of drug-likeness (QED) is 0.596. The van der Waals surface area contributed by atoms with Crippen LogP contribution >= 0.6 is 11.8 Å². The number of thioether (sulfide) groups is 1. The van der Waals surface area contributed by atoms with Crippen molar-refractivity contribution >= 4 is 41.1 Å². The summed E-state index contributed by atoms with van der Waals surface area (Å²) in [6, 6.07) is 13.8. The SMILES string of the molecule is O=C(O)CN1C(=O)c2ccc(NC(=O)CSc3ccccc3)cc2C1=O. The molecule has 132 valence electrons. The largest absolute Gasteiger partial charge is 0.480 e. The standard InChI is InChI=1S/C18H14N2O5S/c21-15(10-26-12-4-2-1-3-5-12)19-11-6-7-13-14(8-11)18(25)20(17(13)24)9-16(22)23/h1-8H,9-10H2,(H,19,21)(H,22,23). The summed E-state index contributed by atoms with van der Waals surface area (Å²) >= 11 is 1.37. The van der Waals surface area contributed by atoms with Crippen molar-refractivity contribution < 1.29 is 24.3 Å². The average Bonchev–Trinajstić information content (AvgIpc) is 2.85. The second kappa shape index (κ2) is 7.40. The zero-order chi connectivity index (χ0) is 18.7. The minimum Gasteiger partial charge on any atom is -0.480 e. The van der Waals surface area contributed by atoms with E-state index in [1.165, 1.54) is 30.0 Å². The minimum absolute atomic E-state index is 0.0877. The maximum atomic E-state index is 12.2. The summed E-state index contributed by atoms with van der Waals surface area (Å²) in [5, 5.41) is 11.5. The molecule has 0 radical (unpaired) electrons. The monoisotopic (exact) mass is 370 g/mol. The molecule has 8 heteroatoms. The maximum Gasteiger partial charge on any atom is 0.323 e. The third-order valence-electron chi connectivity index (χ3n) is 3.66. The molecule has 2 aromatic rings. The van der Waals surface area contributed by atoms with Gasteiger partial charge in [-0.25, -0.2) is 0 Å². The molecule has 26 heavy (non-hydrogen) atoms. The molecule has 2 N–H and O–H groups in total. The molecule has 1 heterocycles. The van der Waals surface area contributed by atoms with Crippen molar-refractivity contribution in [1.29, 1.82) is 0 Å². The van der Waals surface area contributed by atoms with Crippen LogP contribution in [0.5, 0.6) is 0 Å². The first kappa shape index (κ1) is 17.7. The summed E-state index contributed by atoms with van der Waals surface area (Å²) < 4.78 is 0. The van der Waals surface area contributed by atoms with Crippen LogP contribution < -0.4 is 5.32 Å². The lowest BCUT2D eigenvalue weighted by Gasteiger charge is -2.09. The van der Waals surface area contributed by atoms with Crippen LogP contribution in [0, 0.1) is 0 Å². The summed E-state index contributed by atoms with van der Waals surface area (Å²) in [6.07, 6.45) is 0. The van der Waals surface area contributed by atoms with Gasteiger partial charge in [-0.3, -0.25) is 24.1 Å². The highest BCUT2D eigenvalue weighted by molar-refractivity contribution is 8.00. The Morgan fingerprint density at radius 2 is 1.69 bits per heavy atom. The molecule has 7 nitrogen and oxygen atoms in total. The molecule has 1 aliphatic rings. The predicted octanol–water partition coefficient (Wildman–Crippen LogP) is 2.10. The molecule has 0 saturated heterocycles. The van der Waals surface area contributed by atoms with E-state index in [2.05, 4.69) is 5.32 Å². The number of hydrogen-bond donors (Lipinski definition) is 2. The first-order valence-corrected chi connectivity index (χ1v) is 8.64. The maximum absolute atomic E-state index is 12.2. The van der Waals surface area contributed by atoms with E-state index in [1.54, 1.807) is 0 Å². The van der Waals surface area contributed by atoms with E-state index >= 15 is 0 Å². The number of rotatable bonds is 6. The molecule has 0 saturated carbocycles. The number of imide groups is 1. The van der Waals surface area contributed by atoms with Crippen LogP contribution in [0.3, 0.4) is 0 Å². The van der Waals surface area contributed by atoms with Gasteiger partial charge in [-0.1, -0.05) is 18.2 Å². The first-order valence-electron chi connectivity index (χ1n) is 7.65. The van der Waals surface area contributed by atoms with Gasteiger partial charge in [0.1, 0.15) is 6.54 Å². The summed E-state index contributed by atoms with van der Waals surface area (Å²) in [4.78, 5) is 48.8. The van der Waals surface area contributed by atoms with E-state index in [0.29, 0.717) is 10.6 Å². The minimum atomic E-state index is -1.27. The second-order valence-corrected chi connectivity index (χ2v) is 6.55. The molecule has 0 spiro atoms. The first-order chi connectivity index (χ1) is 12.5. The number of anilines is 1. The molecule has 1 aliphatic heterocycles. The van der Waals surface area contributed by atoms with Crippen LogP contribution in [0.15, 0.2) is 53.4 Å². The molecule has 0 aromatic heterocycles. The number of carbonyl (C=O) groups excluding carboxylic acids is 3. The molecule has 0 fully saturated rings. The number of carboxylic acids is 1. The Morgan fingerprint density at radius 3 is 2.38 bits per heavy atom.